The maximum atomic E-state index is 8.81. The quantitative estimate of drug-likeness (QED) is 0.763. The molecule has 0 bridgehead atoms. The van der Waals surface area contributed by atoms with E-state index in [2.05, 4.69) is 10.2 Å². The van der Waals surface area contributed by atoms with Crippen LogP contribution >= 0.6 is 0 Å². The summed E-state index contributed by atoms with van der Waals surface area (Å²) in [6.45, 7) is 2.06. The Balaban J connectivity index is 2.44. The van der Waals surface area contributed by atoms with Crippen molar-refractivity contribution in [1.82, 2.24) is 14.6 Å². The monoisotopic (exact) mass is 206 g/mol. The first-order chi connectivity index (χ1) is 7.22. The third kappa shape index (κ3) is 1.84. The molecule has 1 atom stereocenters. The van der Waals surface area contributed by atoms with Crippen LogP contribution in [-0.4, -0.2) is 26.3 Å². The van der Waals surface area contributed by atoms with Crippen LogP contribution in [0.25, 0.3) is 5.65 Å². The van der Waals surface area contributed by atoms with Crippen LogP contribution in [0, 0.1) is 6.92 Å². The summed E-state index contributed by atoms with van der Waals surface area (Å²) in [5.41, 5.74) is 7.80. The van der Waals surface area contributed by atoms with Gasteiger partial charge >= 0.3 is 0 Å². The number of nitrogens with zero attached hydrogens (tertiary/aromatic N) is 3. The second kappa shape index (κ2) is 3.96. The normalized spacial score (nSPS) is 13.3. The average molecular weight is 206 g/mol. The number of pyridine rings is 1. The van der Waals surface area contributed by atoms with Crippen LogP contribution in [0.2, 0.25) is 0 Å². The fourth-order valence-corrected chi connectivity index (χ4v) is 1.53. The van der Waals surface area contributed by atoms with E-state index in [0.29, 0.717) is 12.2 Å². The van der Waals surface area contributed by atoms with Gasteiger partial charge in [-0.3, -0.25) is 4.40 Å². The highest BCUT2D eigenvalue weighted by Gasteiger charge is 2.12. The molecule has 0 saturated heterocycles. The molecule has 2 aromatic heterocycles. The van der Waals surface area contributed by atoms with E-state index in [1.165, 1.54) is 0 Å². The van der Waals surface area contributed by atoms with Crippen LogP contribution in [0.15, 0.2) is 18.3 Å². The minimum Gasteiger partial charge on any atom is -0.396 e. The Kier molecular flexibility index (Phi) is 2.66. The first-order valence-corrected chi connectivity index (χ1v) is 4.90. The Morgan fingerprint density at radius 1 is 1.53 bits per heavy atom. The van der Waals surface area contributed by atoms with Gasteiger partial charge in [0.2, 0.25) is 0 Å². The van der Waals surface area contributed by atoms with Gasteiger partial charge in [-0.2, -0.15) is 0 Å². The van der Waals surface area contributed by atoms with E-state index >= 15 is 0 Å². The fraction of sp³-hybridized carbons (Fsp3) is 0.400. The molecule has 2 heterocycles. The Hall–Kier alpha value is -1.46. The molecule has 80 valence electrons. The molecule has 15 heavy (non-hydrogen) atoms. The molecule has 0 aliphatic carbocycles. The zero-order valence-corrected chi connectivity index (χ0v) is 8.59. The van der Waals surface area contributed by atoms with Gasteiger partial charge in [0, 0.05) is 12.8 Å². The van der Waals surface area contributed by atoms with Crippen molar-refractivity contribution in [2.45, 2.75) is 19.4 Å². The third-order valence-corrected chi connectivity index (χ3v) is 2.36. The predicted molar refractivity (Wildman–Crippen MR) is 56.4 cm³/mol. The van der Waals surface area contributed by atoms with Crippen molar-refractivity contribution in [1.29, 1.82) is 0 Å². The molecule has 0 aliphatic rings. The number of nitrogens with two attached hydrogens (primary N) is 1. The van der Waals surface area contributed by atoms with E-state index in [9.17, 15) is 0 Å². The van der Waals surface area contributed by atoms with Crippen molar-refractivity contribution in [3.8, 4) is 0 Å². The lowest BCUT2D eigenvalue weighted by Gasteiger charge is -2.07. The highest BCUT2D eigenvalue weighted by molar-refractivity contribution is 5.41. The summed E-state index contributed by atoms with van der Waals surface area (Å²) in [5.74, 6) is 0.694. The molecule has 0 amide bonds. The van der Waals surface area contributed by atoms with Crippen LogP contribution in [0.3, 0.4) is 0 Å². The van der Waals surface area contributed by atoms with Gasteiger partial charge in [-0.05, 0) is 31.0 Å². The predicted octanol–water partition coefficient (Wildman–Crippen LogP) is 0.420. The lowest BCUT2D eigenvalue weighted by molar-refractivity contribution is 0.274. The van der Waals surface area contributed by atoms with Crippen LogP contribution in [0.1, 0.15) is 23.9 Å². The molecule has 0 spiro atoms. The van der Waals surface area contributed by atoms with Gasteiger partial charge in [0.05, 0.1) is 6.04 Å². The maximum absolute atomic E-state index is 8.81. The molecule has 2 aromatic rings. The van der Waals surface area contributed by atoms with Crippen molar-refractivity contribution in [2.24, 2.45) is 5.73 Å². The number of aliphatic hydroxyl groups excluding tert-OH is 1. The second-order valence-corrected chi connectivity index (χ2v) is 3.61. The molecule has 1 unspecified atom stereocenters. The van der Waals surface area contributed by atoms with Crippen LogP contribution in [-0.2, 0) is 0 Å². The Bertz CT molecular complexity index is 465. The minimum absolute atomic E-state index is 0.0575. The lowest BCUT2D eigenvalue weighted by Crippen LogP contribution is -2.15. The highest BCUT2D eigenvalue weighted by Crippen LogP contribution is 2.13. The number of aryl methyl sites for hydroxylation is 1. The molecule has 0 saturated carbocycles. The van der Waals surface area contributed by atoms with Gasteiger partial charge in [-0.1, -0.05) is 0 Å². The minimum atomic E-state index is -0.271. The lowest BCUT2D eigenvalue weighted by atomic mass is 10.2. The third-order valence-electron chi connectivity index (χ3n) is 2.36. The summed E-state index contributed by atoms with van der Waals surface area (Å²) >= 11 is 0. The second-order valence-electron chi connectivity index (χ2n) is 3.61. The number of hydrogen-bond acceptors (Lipinski definition) is 4. The summed E-state index contributed by atoms with van der Waals surface area (Å²) < 4.78 is 1.85. The Morgan fingerprint density at radius 3 is 3.07 bits per heavy atom. The van der Waals surface area contributed by atoms with E-state index in [0.717, 1.165) is 11.2 Å². The summed E-state index contributed by atoms with van der Waals surface area (Å²) in [4.78, 5) is 0. The number of rotatable bonds is 3. The van der Waals surface area contributed by atoms with E-state index < -0.39 is 0 Å². The highest BCUT2D eigenvalue weighted by atomic mass is 16.3. The van der Waals surface area contributed by atoms with Gasteiger partial charge in [-0.15, -0.1) is 10.2 Å². The van der Waals surface area contributed by atoms with Crippen LogP contribution in [0.5, 0.6) is 0 Å². The van der Waals surface area contributed by atoms with Gasteiger partial charge in [0.25, 0.3) is 0 Å². The summed E-state index contributed by atoms with van der Waals surface area (Å²) in [6, 6.07) is 3.65. The van der Waals surface area contributed by atoms with Gasteiger partial charge < -0.3 is 10.8 Å². The van der Waals surface area contributed by atoms with E-state index in [4.69, 9.17) is 10.8 Å². The van der Waals surface area contributed by atoms with E-state index in [1.54, 1.807) is 0 Å². The fourth-order valence-electron chi connectivity index (χ4n) is 1.53. The molecular formula is C10H14N4O. The van der Waals surface area contributed by atoms with Gasteiger partial charge in [-0.25, -0.2) is 0 Å². The topological polar surface area (TPSA) is 76.4 Å². The largest absolute Gasteiger partial charge is 0.396 e. The molecule has 5 nitrogen and oxygen atoms in total. The van der Waals surface area contributed by atoms with Crippen molar-refractivity contribution < 1.29 is 5.11 Å². The molecule has 3 N–H and O–H groups in total. The molecule has 0 fully saturated rings. The molecule has 2 rings (SSSR count). The number of aromatic nitrogens is 3. The molecular weight excluding hydrogens is 192 g/mol. The molecule has 0 aromatic carbocycles. The number of fused-ring (bicyclic) bond motifs is 1. The van der Waals surface area contributed by atoms with Crippen molar-refractivity contribution in [2.75, 3.05) is 6.61 Å². The van der Waals surface area contributed by atoms with Gasteiger partial charge in [0.1, 0.15) is 0 Å². The molecule has 5 heteroatoms. The molecule has 0 aliphatic heterocycles. The smallest absolute Gasteiger partial charge is 0.161 e. The number of hydrogen-bond donors (Lipinski definition) is 2. The van der Waals surface area contributed by atoms with Crippen LogP contribution in [0.4, 0.5) is 0 Å². The zero-order valence-electron chi connectivity index (χ0n) is 8.59. The summed E-state index contributed by atoms with van der Waals surface area (Å²) in [6.07, 6.45) is 2.39. The molecule has 0 radical (unpaired) electrons. The van der Waals surface area contributed by atoms with Crippen molar-refractivity contribution in [3.05, 3.63) is 29.7 Å². The van der Waals surface area contributed by atoms with Crippen molar-refractivity contribution >= 4 is 5.65 Å². The maximum Gasteiger partial charge on any atom is 0.161 e. The Labute approximate surface area is 87.6 Å². The standard InChI is InChI=1S/C10H14N4O/c1-7-2-4-14-9(6-7)12-13-10(14)8(11)3-5-15/h2,4,6,8,15H,3,5,11H2,1H3. The van der Waals surface area contributed by atoms with E-state index in [-0.39, 0.29) is 12.6 Å². The Morgan fingerprint density at radius 2 is 2.33 bits per heavy atom. The first-order valence-electron chi connectivity index (χ1n) is 4.90. The van der Waals surface area contributed by atoms with Crippen molar-refractivity contribution in [3.63, 3.8) is 0 Å². The first kappa shape index (κ1) is 10.1. The summed E-state index contributed by atoms with van der Waals surface area (Å²) in [7, 11) is 0. The van der Waals surface area contributed by atoms with E-state index in [1.807, 2.05) is 29.7 Å². The SMILES string of the molecule is Cc1ccn2c(C(N)CCO)nnc2c1. The summed E-state index contributed by atoms with van der Waals surface area (Å²) in [5, 5.41) is 16.9. The average Bonchev–Trinajstić information content (AvgIpc) is 2.60. The zero-order chi connectivity index (χ0) is 10.8. The van der Waals surface area contributed by atoms with Crippen LogP contribution < -0.4 is 5.73 Å². The van der Waals surface area contributed by atoms with Gasteiger partial charge in [0.15, 0.2) is 11.5 Å². The number of aliphatic hydroxyl groups is 1.